The molecule has 1 heterocycles. The van der Waals surface area contributed by atoms with Gasteiger partial charge in [0.25, 0.3) is 5.91 Å². The van der Waals surface area contributed by atoms with Crippen LogP contribution in [0, 0.1) is 0 Å². The number of thiophene rings is 1. The minimum absolute atomic E-state index is 0.0544. The smallest absolute Gasteiger partial charge is 0.303 e. The van der Waals surface area contributed by atoms with E-state index >= 15 is 0 Å². The Morgan fingerprint density at radius 3 is 2.45 bits per heavy atom. The Morgan fingerprint density at radius 2 is 1.76 bits per heavy atom. The van der Waals surface area contributed by atoms with Crippen LogP contribution in [0.2, 0.25) is 0 Å². The SMILES string of the molecule is O=C(O)CCCCCOc1ccccc1CN(C(=O)c1ccc(-c2cccs2)cc1)C1CC1. The molecule has 2 aromatic carbocycles. The second kappa shape index (κ2) is 11.1. The molecular weight excluding hydrogens is 434 g/mol. The van der Waals surface area contributed by atoms with Gasteiger partial charge in [-0.2, -0.15) is 0 Å². The second-order valence-corrected chi connectivity index (χ2v) is 9.33. The van der Waals surface area contributed by atoms with Crippen LogP contribution in [0.3, 0.4) is 0 Å². The lowest BCUT2D eigenvalue weighted by Crippen LogP contribution is -2.32. The predicted molar refractivity (Wildman–Crippen MR) is 131 cm³/mol. The summed E-state index contributed by atoms with van der Waals surface area (Å²) in [5, 5.41) is 10.8. The number of carbonyl (C=O) groups is 2. The van der Waals surface area contributed by atoms with Gasteiger partial charge in [0.05, 0.1) is 6.61 Å². The molecule has 33 heavy (non-hydrogen) atoms. The number of ether oxygens (including phenoxy) is 1. The number of carbonyl (C=O) groups excluding carboxylic acids is 1. The van der Waals surface area contributed by atoms with E-state index in [1.165, 1.54) is 4.88 Å². The molecule has 1 fully saturated rings. The molecule has 1 aromatic heterocycles. The number of nitrogens with zero attached hydrogens (tertiary/aromatic N) is 1. The van der Waals surface area contributed by atoms with Gasteiger partial charge in [0.1, 0.15) is 5.75 Å². The molecule has 3 aromatic rings. The van der Waals surface area contributed by atoms with E-state index in [9.17, 15) is 9.59 Å². The fraction of sp³-hybridized carbons (Fsp3) is 0.333. The summed E-state index contributed by atoms with van der Waals surface area (Å²) in [5.41, 5.74) is 2.83. The van der Waals surface area contributed by atoms with Crippen molar-refractivity contribution in [1.82, 2.24) is 4.90 Å². The molecule has 1 amide bonds. The molecule has 0 atom stereocenters. The van der Waals surface area contributed by atoms with Gasteiger partial charge >= 0.3 is 5.97 Å². The third-order valence-corrected chi connectivity index (χ3v) is 6.71. The maximum atomic E-state index is 13.4. The van der Waals surface area contributed by atoms with E-state index in [1.54, 1.807) is 11.3 Å². The first-order chi connectivity index (χ1) is 16.1. The highest BCUT2D eigenvalue weighted by atomic mass is 32.1. The van der Waals surface area contributed by atoms with Crippen LogP contribution in [-0.4, -0.2) is 34.5 Å². The van der Waals surface area contributed by atoms with Crippen LogP contribution in [0.1, 0.15) is 54.4 Å². The number of rotatable bonds is 12. The molecule has 0 aliphatic heterocycles. The molecule has 1 saturated carbocycles. The Kier molecular flexibility index (Phi) is 7.79. The summed E-state index contributed by atoms with van der Waals surface area (Å²) >= 11 is 1.69. The quantitative estimate of drug-likeness (QED) is 0.323. The molecule has 1 aliphatic rings. The maximum Gasteiger partial charge on any atom is 0.303 e. The summed E-state index contributed by atoms with van der Waals surface area (Å²) in [6, 6.07) is 20.1. The monoisotopic (exact) mass is 463 g/mol. The second-order valence-electron chi connectivity index (χ2n) is 8.38. The van der Waals surface area contributed by atoms with Gasteiger partial charge < -0.3 is 14.7 Å². The van der Waals surface area contributed by atoms with Crippen LogP contribution in [-0.2, 0) is 11.3 Å². The van der Waals surface area contributed by atoms with Gasteiger partial charge in [-0.05, 0) is 67.3 Å². The normalized spacial score (nSPS) is 13.0. The zero-order valence-corrected chi connectivity index (χ0v) is 19.4. The van der Waals surface area contributed by atoms with E-state index in [0.29, 0.717) is 25.1 Å². The van der Waals surface area contributed by atoms with Crippen LogP contribution in [0.4, 0.5) is 0 Å². The summed E-state index contributed by atoms with van der Waals surface area (Å²) in [7, 11) is 0. The van der Waals surface area contributed by atoms with Crippen molar-refractivity contribution in [2.45, 2.75) is 51.1 Å². The number of carboxylic acid groups (broad SMARTS) is 1. The number of hydrogen-bond donors (Lipinski definition) is 1. The molecule has 0 bridgehead atoms. The van der Waals surface area contributed by atoms with Crippen molar-refractivity contribution in [3.8, 4) is 16.2 Å². The van der Waals surface area contributed by atoms with Gasteiger partial charge in [-0.1, -0.05) is 36.4 Å². The summed E-state index contributed by atoms with van der Waals surface area (Å²) in [5.74, 6) is 0.0909. The standard InChI is InChI=1S/C27H29NO4S/c29-26(30)10-2-1-5-17-32-24-8-4-3-7-22(24)19-28(23-15-16-23)27(31)21-13-11-20(12-14-21)25-9-6-18-33-25/h3-4,6-9,11-14,18,23H,1-2,5,10,15-17,19H2,(H,29,30). The zero-order chi connectivity index (χ0) is 23.0. The predicted octanol–water partition coefficient (Wildman–Crippen LogP) is 6.24. The third kappa shape index (κ3) is 6.45. The van der Waals surface area contributed by atoms with E-state index in [-0.39, 0.29) is 18.4 Å². The summed E-state index contributed by atoms with van der Waals surface area (Å²) in [4.78, 5) is 27.2. The lowest BCUT2D eigenvalue weighted by atomic mass is 10.1. The molecular formula is C27H29NO4S. The lowest BCUT2D eigenvalue weighted by Gasteiger charge is -2.24. The Balaban J connectivity index is 1.39. The van der Waals surface area contributed by atoms with E-state index in [4.69, 9.17) is 9.84 Å². The van der Waals surface area contributed by atoms with Crippen LogP contribution >= 0.6 is 11.3 Å². The van der Waals surface area contributed by atoms with Crippen molar-refractivity contribution in [3.05, 3.63) is 77.2 Å². The van der Waals surface area contributed by atoms with Gasteiger partial charge in [0.2, 0.25) is 0 Å². The molecule has 0 radical (unpaired) electrons. The highest BCUT2D eigenvalue weighted by Crippen LogP contribution is 2.32. The Labute approximate surface area is 198 Å². The Bertz CT molecular complexity index is 1060. The van der Waals surface area contributed by atoms with Crippen LogP contribution < -0.4 is 4.74 Å². The number of para-hydroxylation sites is 1. The first kappa shape index (κ1) is 23.1. The van der Waals surface area contributed by atoms with E-state index in [0.717, 1.165) is 42.6 Å². The van der Waals surface area contributed by atoms with Crippen molar-refractivity contribution < 1.29 is 19.4 Å². The molecule has 0 unspecified atom stereocenters. The largest absolute Gasteiger partial charge is 0.493 e. The van der Waals surface area contributed by atoms with Gasteiger partial charge in [0, 0.05) is 35.0 Å². The van der Waals surface area contributed by atoms with E-state index < -0.39 is 5.97 Å². The summed E-state index contributed by atoms with van der Waals surface area (Å²) in [6.45, 7) is 1.06. The minimum Gasteiger partial charge on any atom is -0.493 e. The molecule has 0 spiro atoms. The van der Waals surface area contributed by atoms with Gasteiger partial charge in [0.15, 0.2) is 0 Å². The minimum atomic E-state index is -0.757. The van der Waals surface area contributed by atoms with Crippen molar-refractivity contribution in [1.29, 1.82) is 0 Å². The van der Waals surface area contributed by atoms with Crippen LogP contribution in [0.15, 0.2) is 66.0 Å². The number of amides is 1. The highest BCUT2D eigenvalue weighted by molar-refractivity contribution is 7.13. The van der Waals surface area contributed by atoms with Crippen LogP contribution in [0.25, 0.3) is 10.4 Å². The average Bonchev–Trinajstić information content (AvgIpc) is 3.52. The first-order valence-corrected chi connectivity index (χ1v) is 12.4. The molecule has 0 saturated heterocycles. The zero-order valence-electron chi connectivity index (χ0n) is 18.6. The average molecular weight is 464 g/mol. The fourth-order valence-electron chi connectivity index (χ4n) is 3.83. The molecule has 1 aliphatic carbocycles. The topological polar surface area (TPSA) is 66.8 Å². The van der Waals surface area contributed by atoms with Crippen molar-refractivity contribution in [2.24, 2.45) is 0 Å². The van der Waals surface area contributed by atoms with E-state index in [1.807, 2.05) is 59.5 Å². The van der Waals surface area contributed by atoms with Crippen molar-refractivity contribution in [2.75, 3.05) is 6.61 Å². The van der Waals surface area contributed by atoms with Crippen molar-refractivity contribution >= 4 is 23.2 Å². The fourth-order valence-corrected chi connectivity index (χ4v) is 4.57. The highest BCUT2D eigenvalue weighted by Gasteiger charge is 2.33. The number of benzene rings is 2. The number of hydrogen-bond acceptors (Lipinski definition) is 4. The number of aliphatic carboxylic acids is 1. The first-order valence-electron chi connectivity index (χ1n) is 11.5. The molecule has 1 N–H and O–H groups in total. The summed E-state index contributed by atoms with van der Waals surface area (Å²) in [6.07, 6.45) is 4.56. The number of carboxylic acids is 1. The maximum absolute atomic E-state index is 13.4. The Morgan fingerprint density at radius 1 is 0.970 bits per heavy atom. The van der Waals surface area contributed by atoms with Gasteiger partial charge in [-0.3, -0.25) is 9.59 Å². The molecule has 6 heteroatoms. The Hall–Kier alpha value is -3.12. The van der Waals surface area contributed by atoms with Gasteiger partial charge in [-0.25, -0.2) is 0 Å². The van der Waals surface area contributed by atoms with Crippen LogP contribution in [0.5, 0.6) is 5.75 Å². The van der Waals surface area contributed by atoms with E-state index in [2.05, 4.69) is 11.4 Å². The summed E-state index contributed by atoms with van der Waals surface area (Å²) < 4.78 is 6.00. The lowest BCUT2D eigenvalue weighted by molar-refractivity contribution is -0.137. The number of unbranched alkanes of at least 4 members (excludes halogenated alkanes) is 2. The molecule has 5 nitrogen and oxygen atoms in total. The molecule has 172 valence electrons. The third-order valence-electron chi connectivity index (χ3n) is 5.79. The van der Waals surface area contributed by atoms with Crippen molar-refractivity contribution in [3.63, 3.8) is 0 Å². The van der Waals surface area contributed by atoms with Gasteiger partial charge in [-0.15, -0.1) is 11.3 Å². The molecule has 4 rings (SSSR count).